The van der Waals surface area contributed by atoms with Gasteiger partial charge in [-0.25, -0.2) is 0 Å². The second-order valence-corrected chi connectivity index (χ2v) is 2.45. The highest BCUT2D eigenvalue weighted by Crippen LogP contribution is 2.15. The lowest BCUT2D eigenvalue weighted by Crippen LogP contribution is -2.46. The molecule has 60 valence electrons. The van der Waals surface area contributed by atoms with E-state index in [9.17, 15) is 10.1 Å². The van der Waals surface area contributed by atoms with Gasteiger partial charge in [0.25, 0.3) is 0 Å². The third kappa shape index (κ3) is 1.43. The van der Waals surface area contributed by atoms with Crippen molar-refractivity contribution in [3.8, 4) is 0 Å². The lowest BCUT2D eigenvalue weighted by molar-refractivity contribution is -0.638. The lowest BCUT2D eigenvalue weighted by Gasteiger charge is -2.19. The minimum absolute atomic E-state index is 0.590. The van der Waals surface area contributed by atoms with Crippen LogP contribution in [0.2, 0.25) is 0 Å². The molecule has 0 aromatic rings. The molecule has 0 fully saturated rings. The standard InChI is InChI=1S/C5H11NO4/c1-4(2)5(8,3-7)6(9)10/h4,7-8H,3H2,1-2H3. The molecule has 5 nitrogen and oxygen atoms in total. The third-order valence-electron chi connectivity index (χ3n) is 1.47. The molecule has 5 heteroatoms. The van der Waals surface area contributed by atoms with E-state index in [0.29, 0.717) is 0 Å². The molecule has 0 saturated carbocycles. The fraction of sp³-hybridized carbons (Fsp3) is 1.00. The third-order valence-corrected chi connectivity index (χ3v) is 1.47. The van der Waals surface area contributed by atoms with Gasteiger partial charge in [0.2, 0.25) is 0 Å². The molecule has 0 saturated heterocycles. The van der Waals surface area contributed by atoms with Crippen molar-refractivity contribution in [1.82, 2.24) is 0 Å². The van der Waals surface area contributed by atoms with Crippen molar-refractivity contribution >= 4 is 0 Å². The topological polar surface area (TPSA) is 83.6 Å². The van der Waals surface area contributed by atoms with Crippen molar-refractivity contribution in [2.75, 3.05) is 6.61 Å². The first kappa shape index (κ1) is 9.32. The van der Waals surface area contributed by atoms with Gasteiger partial charge in [-0.2, -0.15) is 0 Å². The Morgan fingerprint density at radius 1 is 1.70 bits per heavy atom. The van der Waals surface area contributed by atoms with E-state index in [1.54, 1.807) is 0 Å². The van der Waals surface area contributed by atoms with Gasteiger partial charge in [-0.05, 0) is 0 Å². The van der Waals surface area contributed by atoms with Gasteiger partial charge < -0.3 is 10.2 Å². The predicted octanol–water partition coefficient (Wildman–Crippen LogP) is -0.400. The quantitative estimate of drug-likeness (QED) is 0.325. The monoisotopic (exact) mass is 149 g/mol. The van der Waals surface area contributed by atoms with Crippen LogP contribution in [0, 0.1) is 16.0 Å². The normalized spacial score (nSPS) is 16.9. The van der Waals surface area contributed by atoms with Gasteiger partial charge in [0, 0.05) is 0 Å². The molecular formula is C5H11NO4. The Morgan fingerprint density at radius 3 is 2.10 bits per heavy atom. The molecule has 0 rings (SSSR count). The van der Waals surface area contributed by atoms with Gasteiger partial charge >= 0.3 is 5.72 Å². The zero-order valence-electron chi connectivity index (χ0n) is 5.94. The molecule has 0 aromatic carbocycles. The zero-order chi connectivity index (χ0) is 8.36. The van der Waals surface area contributed by atoms with E-state index >= 15 is 0 Å². The number of nitrogens with zero attached hydrogens (tertiary/aromatic N) is 1. The van der Waals surface area contributed by atoms with Crippen molar-refractivity contribution in [3.63, 3.8) is 0 Å². The first-order valence-electron chi connectivity index (χ1n) is 2.93. The van der Waals surface area contributed by atoms with Gasteiger partial charge in [0.1, 0.15) is 6.61 Å². The number of rotatable bonds is 3. The number of aliphatic hydroxyl groups is 2. The molecule has 0 amide bonds. The maximum absolute atomic E-state index is 10.1. The summed E-state index contributed by atoms with van der Waals surface area (Å²) < 4.78 is 0. The van der Waals surface area contributed by atoms with Crippen LogP contribution < -0.4 is 0 Å². The van der Waals surface area contributed by atoms with E-state index in [2.05, 4.69) is 0 Å². The summed E-state index contributed by atoms with van der Waals surface area (Å²) in [5.74, 6) is -0.590. The summed E-state index contributed by atoms with van der Waals surface area (Å²) in [5, 5.41) is 27.5. The summed E-state index contributed by atoms with van der Waals surface area (Å²) in [7, 11) is 0. The number of nitro groups is 1. The SMILES string of the molecule is CC(C)C(O)(CO)[N+](=O)[O-]. The summed E-state index contributed by atoms with van der Waals surface area (Å²) in [4.78, 5) is 9.21. The maximum Gasteiger partial charge on any atom is 0.347 e. The number of hydrogen-bond acceptors (Lipinski definition) is 4. The Labute approximate surface area is 58.4 Å². The molecule has 1 atom stereocenters. The highest BCUT2D eigenvalue weighted by Gasteiger charge is 2.43. The lowest BCUT2D eigenvalue weighted by atomic mass is 10.0. The second kappa shape index (κ2) is 2.94. The van der Waals surface area contributed by atoms with Crippen LogP contribution in [0.5, 0.6) is 0 Å². The number of hydrogen-bond donors (Lipinski definition) is 2. The molecule has 0 heterocycles. The van der Waals surface area contributed by atoms with Gasteiger partial charge in [-0.1, -0.05) is 13.8 Å². The first-order chi connectivity index (χ1) is 4.45. The van der Waals surface area contributed by atoms with Crippen LogP contribution in [-0.2, 0) is 0 Å². The summed E-state index contributed by atoms with van der Waals surface area (Å²) in [6.45, 7) is 2.09. The fourth-order valence-corrected chi connectivity index (χ4v) is 0.451. The minimum Gasteiger partial charge on any atom is -0.386 e. The maximum atomic E-state index is 10.1. The molecule has 0 spiro atoms. The highest BCUT2D eigenvalue weighted by atomic mass is 16.7. The Hall–Kier alpha value is -0.680. The summed E-state index contributed by atoms with van der Waals surface area (Å²) in [6, 6.07) is 0. The van der Waals surface area contributed by atoms with Crippen molar-refractivity contribution < 1.29 is 15.1 Å². The Bertz CT molecular complexity index is 136. The van der Waals surface area contributed by atoms with Crippen molar-refractivity contribution in [2.45, 2.75) is 19.6 Å². The van der Waals surface area contributed by atoms with E-state index in [1.165, 1.54) is 13.8 Å². The highest BCUT2D eigenvalue weighted by molar-refractivity contribution is 4.67. The van der Waals surface area contributed by atoms with Crippen LogP contribution in [0.25, 0.3) is 0 Å². The second-order valence-electron chi connectivity index (χ2n) is 2.45. The van der Waals surface area contributed by atoms with E-state index in [4.69, 9.17) is 10.2 Å². The van der Waals surface area contributed by atoms with Crippen LogP contribution in [0.1, 0.15) is 13.8 Å². The summed E-state index contributed by atoms with van der Waals surface area (Å²) in [6.07, 6.45) is 0. The van der Waals surface area contributed by atoms with Crippen LogP contribution in [-0.4, -0.2) is 27.5 Å². The molecule has 0 radical (unpaired) electrons. The van der Waals surface area contributed by atoms with E-state index in [-0.39, 0.29) is 0 Å². The van der Waals surface area contributed by atoms with Gasteiger partial charge in [0.05, 0.1) is 10.8 Å². The Morgan fingerprint density at radius 2 is 2.10 bits per heavy atom. The molecule has 0 bridgehead atoms. The molecule has 0 aliphatic carbocycles. The molecule has 0 aliphatic rings. The average Bonchev–Trinajstić information content (AvgIpc) is 1.85. The summed E-state index contributed by atoms with van der Waals surface area (Å²) >= 11 is 0. The van der Waals surface area contributed by atoms with Crippen LogP contribution >= 0.6 is 0 Å². The summed E-state index contributed by atoms with van der Waals surface area (Å²) in [5.41, 5.74) is -2.18. The van der Waals surface area contributed by atoms with Crippen LogP contribution in [0.15, 0.2) is 0 Å². The fourth-order valence-electron chi connectivity index (χ4n) is 0.451. The van der Waals surface area contributed by atoms with Gasteiger partial charge in [-0.15, -0.1) is 0 Å². The Balaban J connectivity index is 4.38. The van der Waals surface area contributed by atoms with Crippen LogP contribution in [0.4, 0.5) is 0 Å². The minimum atomic E-state index is -2.18. The molecular weight excluding hydrogens is 138 g/mol. The molecule has 2 N–H and O–H groups in total. The van der Waals surface area contributed by atoms with Crippen molar-refractivity contribution in [3.05, 3.63) is 10.1 Å². The molecule has 0 aliphatic heterocycles. The van der Waals surface area contributed by atoms with E-state index in [0.717, 1.165) is 0 Å². The Kier molecular flexibility index (Phi) is 2.74. The van der Waals surface area contributed by atoms with Crippen molar-refractivity contribution in [1.29, 1.82) is 0 Å². The smallest absolute Gasteiger partial charge is 0.347 e. The predicted molar refractivity (Wildman–Crippen MR) is 33.9 cm³/mol. The first-order valence-corrected chi connectivity index (χ1v) is 2.93. The zero-order valence-corrected chi connectivity index (χ0v) is 5.94. The largest absolute Gasteiger partial charge is 0.386 e. The molecule has 10 heavy (non-hydrogen) atoms. The molecule has 0 aromatic heterocycles. The van der Waals surface area contributed by atoms with Crippen LogP contribution in [0.3, 0.4) is 0 Å². The van der Waals surface area contributed by atoms with Gasteiger partial charge in [-0.3, -0.25) is 10.1 Å². The van der Waals surface area contributed by atoms with Gasteiger partial charge in [0.15, 0.2) is 0 Å². The van der Waals surface area contributed by atoms with E-state index < -0.39 is 23.2 Å². The number of aliphatic hydroxyl groups excluding tert-OH is 1. The van der Waals surface area contributed by atoms with Crippen molar-refractivity contribution in [2.24, 2.45) is 5.92 Å². The molecule has 1 unspecified atom stereocenters. The van der Waals surface area contributed by atoms with E-state index in [1.807, 2.05) is 0 Å². The average molecular weight is 149 g/mol.